The van der Waals surface area contributed by atoms with Gasteiger partial charge in [0.25, 0.3) is 0 Å². The predicted molar refractivity (Wildman–Crippen MR) is 41.8 cm³/mol. The molecule has 3 unspecified atom stereocenters. The highest BCUT2D eigenvalue weighted by Gasteiger charge is 2.52. The first-order chi connectivity index (χ1) is 4.43. The molecule has 9 heavy (non-hydrogen) atoms. The van der Waals surface area contributed by atoms with E-state index in [0.717, 1.165) is 17.1 Å². The van der Waals surface area contributed by atoms with Crippen molar-refractivity contribution in [2.75, 3.05) is 19.3 Å². The molecule has 1 saturated heterocycles. The molecule has 52 valence electrons. The molecule has 1 aliphatic heterocycles. The lowest BCUT2D eigenvalue weighted by molar-refractivity contribution is 0.636. The fourth-order valence-electron chi connectivity index (χ4n) is 1.88. The summed E-state index contributed by atoms with van der Waals surface area (Å²) in [6, 6.07) is 0. The van der Waals surface area contributed by atoms with Crippen LogP contribution in [0.5, 0.6) is 0 Å². The number of hydrogen-bond acceptors (Lipinski definition) is 2. The van der Waals surface area contributed by atoms with Crippen LogP contribution in [-0.4, -0.2) is 24.6 Å². The molecule has 0 aromatic heterocycles. The Morgan fingerprint density at radius 2 is 2.56 bits per heavy atom. The fourth-order valence-corrected chi connectivity index (χ4v) is 3.60. The minimum Gasteiger partial charge on any atom is -0.319 e. The van der Waals surface area contributed by atoms with Crippen molar-refractivity contribution in [1.82, 2.24) is 5.32 Å². The third kappa shape index (κ3) is 0.887. The van der Waals surface area contributed by atoms with E-state index in [2.05, 4.69) is 24.1 Å². The van der Waals surface area contributed by atoms with Gasteiger partial charge < -0.3 is 5.32 Å². The molecule has 2 rings (SSSR count). The van der Waals surface area contributed by atoms with Gasteiger partial charge in [-0.1, -0.05) is 0 Å². The molecule has 0 aromatic carbocycles. The second-order valence-electron chi connectivity index (χ2n) is 3.01. The van der Waals surface area contributed by atoms with E-state index in [9.17, 15) is 0 Å². The van der Waals surface area contributed by atoms with Crippen LogP contribution in [0.2, 0.25) is 0 Å². The van der Waals surface area contributed by atoms with Crippen molar-refractivity contribution >= 4 is 11.8 Å². The number of hydrogen-bond donors (Lipinski definition) is 1. The third-order valence-corrected chi connectivity index (χ3v) is 4.01. The number of thioether (sulfide) groups is 1. The van der Waals surface area contributed by atoms with Gasteiger partial charge in [-0.2, -0.15) is 11.8 Å². The fraction of sp³-hybridized carbons (Fsp3) is 1.00. The largest absolute Gasteiger partial charge is 0.319 e. The molecule has 0 amide bonds. The Hall–Kier alpha value is 0.310. The van der Waals surface area contributed by atoms with Gasteiger partial charge in [0.15, 0.2) is 0 Å². The number of nitrogens with one attached hydrogen (secondary N) is 1. The average Bonchev–Trinajstić information content (AvgIpc) is 2.39. The van der Waals surface area contributed by atoms with Crippen molar-refractivity contribution in [3.05, 3.63) is 0 Å². The summed E-state index contributed by atoms with van der Waals surface area (Å²) in [5, 5.41) is 4.30. The van der Waals surface area contributed by atoms with Crippen LogP contribution in [0.3, 0.4) is 0 Å². The lowest BCUT2D eigenvalue weighted by Gasteiger charge is -1.99. The highest BCUT2D eigenvalue weighted by atomic mass is 32.2. The van der Waals surface area contributed by atoms with Crippen LogP contribution in [0.25, 0.3) is 0 Å². The van der Waals surface area contributed by atoms with Crippen LogP contribution in [0.4, 0.5) is 0 Å². The monoisotopic (exact) mass is 143 g/mol. The average molecular weight is 143 g/mol. The lowest BCUT2D eigenvalue weighted by Crippen LogP contribution is -2.12. The Morgan fingerprint density at radius 3 is 3.11 bits per heavy atom. The van der Waals surface area contributed by atoms with Gasteiger partial charge >= 0.3 is 0 Å². The van der Waals surface area contributed by atoms with Gasteiger partial charge in [-0.25, -0.2) is 0 Å². The summed E-state index contributed by atoms with van der Waals surface area (Å²) in [6.45, 7) is 1.25. The Bertz CT molecular complexity index is 105. The molecule has 0 aromatic rings. The van der Waals surface area contributed by atoms with Crippen molar-refractivity contribution in [3.63, 3.8) is 0 Å². The number of rotatable bonds is 2. The summed E-state index contributed by atoms with van der Waals surface area (Å²) in [7, 11) is 2.05. The van der Waals surface area contributed by atoms with Crippen LogP contribution in [0.1, 0.15) is 6.42 Å². The zero-order valence-electron chi connectivity index (χ0n) is 5.76. The smallest absolute Gasteiger partial charge is 0.0123 e. The lowest BCUT2D eigenvalue weighted by atomic mass is 10.2. The Labute approximate surface area is 60.6 Å². The van der Waals surface area contributed by atoms with E-state index in [4.69, 9.17) is 0 Å². The van der Waals surface area contributed by atoms with Crippen LogP contribution in [0.15, 0.2) is 0 Å². The van der Waals surface area contributed by atoms with Crippen LogP contribution >= 0.6 is 11.8 Å². The Kier molecular flexibility index (Phi) is 1.46. The molecule has 3 atom stereocenters. The number of fused-ring (bicyclic) bond motifs is 1. The van der Waals surface area contributed by atoms with E-state index in [-0.39, 0.29) is 0 Å². The summed E-state index contributed by atoms with van der Waals surface area (Å²) in [5.41, 5.74) is 0. The maximum Gasteiger partial charge on any atom is 0.0123 e. The van der Waals surface area contributed by atoms with E-state index in [1.54, 1.807) is 0 Å². The van der Waals surface area contributed by atoms with E-state index in [1.807, 2.05) is 0 Å². The third-order valence-electron chi connectivity index (χ3n) is 2.45. The molecular weight excluding hydrogens is 130 g/mol. The van der Waals surface area contributed by atoms with Crippen molar-refractivity contribution in [1.29, 1.82) is 0 Å². The molecule has 1 nitrogen and oxygen atoms in total. The summed E-state index contributed by atoms with van der Waals surface area (Å²) in [6.07, 6.45) is 1.49. The Morgan fingerprint density at radius 1 is 1.67 bits per heavy atom. The molecule has 1 aliphatic carbocycles. The molecule has 2 fully saturated rings. The van der Waals surface area contributed by atoms with Gasteiger partial charge in [-0.3, -0.25) is 0 Å². The van der Waals surface area contributed by atoms with Gasteiger partial charge in [0, 0.05) is 5.25 Å². The van der Waals surface area contributed by atoms with Crippen LogP contribution in [0, 0.1) is 11.8 Å². The molecule has 2 aliphatic rings. The molecule has 0 spiro atoms. The topological polar surface area (TPSA) is 12.0 Å². The van der Waals surface area contributed by atoms with Gasteiger partial charge in [0.1, 0.15) is 0 Å². The van der Waals surface area contributed by atoms with E-state index >= 15 is 0 Å². The quantitative estimate of drug-likeness (QED) is 0.618. The second-order valence-corrected chi connectivity index (χ2v) is 4.30. The van der Waals surface area contributed by atoms with Crippen LogP contribution in [-0.2, 0) is 0 Å². The van der Waals surface area contributed by atoms with Gasteiger partial charge in [0.2, 0.25) is 0 Å². The zero-order valence-corrected chi connectivity index (χ0v) is 6.58. The molecule has 2 heteroatoms. The normalized spacial score (nSPS) is 47.0. The minimum atomic E-state index is 1.04. The summed E-state index contributed by atoms with van der Waals surface area (Å²) in [5.74, 6) is 3.56. The van der Waals surface area contributed by atoms with Gasteiger partial charge in [-0.05, 0) is 37.6 Å². The highest BCUT2D eigenvalue weighted by molar-refractivity contribution is 8.00. The molecule has 1 saturated carbocycles. The molecule has 1 heterocycles. The SMILES string of the molecule is CNCC1C2CCSC21. The Balaban J connectivity index is 1.81. The molecular formula is C7H13NS. The highest BCUT2D eigenvalue weighted by Crippen LogP contribution is 2.55. The van der Waals surface area contributed by atoms with Crippen molar-refractivity contribution < 1.29 is 0 Å². The molecule has 1 N–H and O–H groups in total. The molecule has 0 bridgehead atoms. The van der Waals surface area contributed by atoms with Gasteiger partial charge in [0.05, 0.1) is 0 Å². The van der Waals surface area contributed by atoms with Gasteiger partial charge in [-0.15, -0.1) is 0 Å². The van der Waals surface area contributed by atoms with Crippen molar-refractivity contribution in [2.24, 2.45) is 11.8 Å². The predicted octanol–water partition coefficient (Wildman–Crippen LogP) is 0.957. The van der Waals surface area contributed by atoms with E-state index in [0.29, 0.717) is 0 Å². The maximum absolute atomic E-state index is 3.24. The van der Waals surface area contributed by atoms with Crippen LogP contribution < -0.4 is 5.32 Å². The first-order valence-electron chi connectivity index (χ1n) is 3.69. The first-order valence-corrected chi connectivity index (χ1v) is 4.74. The second kappa shape index (κ2) is 2.17. The standard InChI is InChI=1S/C7H13NS/c1-8-4-6-5-2-3-9-7(5)6/h5-8H,2-4H2,1H3. The minimum absolute atomic E-state index is 1.04. The van der Waals surface area contributed by atoms with E-state index in [1.165, 1.54) is 18.7 Å². The van der Waals surface area contributed by atoms with Crippen molar-refractivity contribution in [3.8, 4) is 0 Å². The molecule has 0 radical (unpaired) electrons. The van der Waals surface area contributed by atoms with Crippen molar-refractivity contribution in [2.45, 2.75) is 11.7 Å². The summed E-state index contributed by atoms with van der Waals surface area (Å²) >= 11 is 2.18. The van der Waals surface area contributed by atoms with E-state index < -0.39 is 0 Å². The summed E-state index contributed by atoms with van der Waals surface area (Å²) in [4.78, 5) is 0. The summed E-state index contributed by atoms with van der Waals surface area (Å²) < 4.78 is 0. The first kappa shape index (κ1) is 6.05. The zero-order chi connectivity index (χ0) is 6.27. The maximum atomic E-state index is 3.24.